The van der Waals surface area contributed by atoms with E-state index in [1.54, 1.807) is 12.5 Å². The number of nitrogens with zero attached hydrogens (tertiary/aromatic N) is 1. The van der Waals surface area contributed by atoms with Gasteiger partial charge >= 0.3 is 0 Å². The van der Waals surface area contributed by atoms with E-state index in [2.05, 4.69) is 25.9 Å². The Hall–Kier alpha value is -0.440. The molecule has 3 heteroatoms. The van der Waals surface area contributed by atoms with E-state index in [4.69, 9.17) is 4.52 Å². The summed E-state index contributed by atoms with van der Waals surface area (Å²) in [6, 6.07) is 0. The molecule has 0 spiro atoms. The molecule has 0 aliphatic heterocycles. The van der Waals surface area contributed by atoms with Crippen molar-refractivity contribution in [3.05, 3.63) is 18.0 Å². The lowest BCUT2D eigenvalue weighted by molar-refractivity contribution is 0.419. The standard InChI is InChI=1S/C8H13NOS/c1-8(2,3)11-6-7-4-9-10-5-7/h4-5H,6H2,1-3H3. The van der Waals surface area contributed by atoms with Gasteiger partial charge in [0.15, 0.2) is 0 Å². The van der Waals surface area contributed by atoms with Crippen LogP contribution in [0.3, 0.4) is 0 Å². The number of hydrogen-bond acceptors (Lipinski definition) is 3. The fourth-order valence-corrected chi connectivity index (χ4v) is 1.34. The zero-order valence-electron chi connectivity index (χ0n) is 7.13. The summed E-state index contributed by atoms with van der Waals surface area (Å²) in [6.45, 7) is 6.60. The Labute approximate surface area is 71.3 Å². The van der Waals surface area contributed by atoms with Crippen LogP contribution >= 0.6 is 11.8 Å². The maximum Gasteiger partial charge on any atom is 0.127 e. The van der Waals surface area contributed by atoms with Crippen molar-refractivity contribution in [2.45, 2.75) is 31.3 Å². The molecule has 0 amide bonds. The maximum absolute atomic E-state index is 4.72. The Morgan fingerprint density at radius 3 is 2.73 bits per heavy atom. The summed E-state index contributed by atoms with van der Waals surface area (Å²) in [5, 5.41) is 3.63. The van der Waals surface area contributed by atoms with Crippen LogP contribution in [0.15, 0.2) is 17.0 Å². The fourth-order valence-electron chi connectivity index (χ4n) is 0.598. The molecule has 2 nitrogen and oxygen atoms in total. The SMILES string of the molecule is CC(C)(C)SCc1cnoc1. The summed E-state index contributed by atoms with van der Waals surface area (Å²) in [5.41, 5.74) is 1.16. The van der Waals surface area contributed by atoms with Gasteiger partial charge in [0.05, 0.1) is 6.20 Å². The molecule has 11 heavy (non-hydrogen) atoms. The van der Waals surface area contributed by atoms with Gasteiger partial charge in [-0.2, -0.15) is 11.8 Å². The highest BCUT2D eigenvalue weighted by atomic mass is 32.2. The summed E-state index contributed by atoms with van der Waals surface area (Å²) < 4.78 is 5.03. The molecule has 0 N–H and O–H groups in total. The topological polar surface area (TPSA) is 26.0 Å². The molecule has 0 saturated carbocycles. The van der Waals surface area contributed by atoms with E-state index in [0.717, 1.165) is 11.3 Å². The van der Waals surface area contributed by atoms with Gasteiger partial charge in [0.2, 0.25) is 0 Å². The fraction of sp³-hybridized carbons (Fsp3) is 0.625. The van der Waals surface area contributed by atoms with E-state index in [1.165, 1.54) is 0 Å². The summed E-state index contributed by atoms with van der Waals surface area (Å²) in [4.78, 5) is 0. The predicted molar refractivity (Wildman–Crippen MR) is 47.6 cm³/mol. The molecule has 62 valence electrons. The Bertz CT molecular complexity index is 200. The van der Waals surface area contributed by atoms with E-state index in [1.807, 2.05) is 11.8 Å². The highest BCUT2D eigenvalue weighted by Gasteiger charge is 2.10. The summed E-state index contributed by atoms with van der Waals surface area (Å²) in [7, 11) is 0. The van der Waals surface area contributed by atoms with E-state index in [9.17, 15) is 0 Å². The van der Waals surface area contributed by atoms with Crippen LogP contribution in [0, 0.1) is 0 Å². The molecule has 1 aromatic rings. The predicted octanol–water partition coefficient (Wildman–Crippen LogP) is 2.71. The number of hydrogen-bond donors (Lipinski definition) is 0. The van der Waals surface area contributed by atoms with Gasteiger partial charge in [-0.05, 0) is 0 Å². The second-order valence-corrected chi connectivity index (χ2v) is 5.24. The monoisotopic (exact) mass is 171 g/mol. The lowest BCUT2D eigenvalue weighted by Gasteiger charge is -2.16. The van der Waals surface area contributed by atoms with Crippen LogP contribution in [-0.4, -0.2) is 9.90 Å². The Balaban J connectivity index is 2.35. The second-order valence-electron chi connectivity index (χ2n) is 3.43. The van der Waals surface area contributed by atoms with E-state index >= 15 is 0 Å². The zero-order chi connectivity index (χ0) is 8.32. The summed E-state index contributed by atoms with van der Waals surface area (Å²) in [5.74, 6) is 0.979. The van der Waals surface area contributed by atoms with Crippen LogP contribution in [0.4, 0.5) is 0 Å². The largest absolute Gasteiger partial charge is 0.364 e. The highest BCUT2D eigenvalue weighted by molar-refractivity contribution is 7.99. The van der Waals surface area contributed by atoms with Crippen molar-refractivity contribution >= 4 is 11.8 Å². The lowest BCUT2D eigenvalue weighted by Crippen LogP contribution is -2.07. The van der Waals surface area contributed by atoms with Crippen molar-refractivity contribution in [3.8, 4) is 0 Å². The third-order valence-corrected chi connectivity index (χ3v) is 2.50. The molecule has 0 radical (unpaired) electrons. The molecule has 1 rings (SSSR count). The van der Waals surface area contributed by atoms with Crippen LogP contribution < -0.4 is 0 Å². The van der Waals surface area contributed by atoms with Gasteiger partial charge in [0.1, 0.15) is 6.26 Å². The molecular weight excluding hydrogens is 158 g/mol. The molecule has 0 saturated heterocycles. The number of rotatable bonds is 2. The Kier molecular flexibility index (Phi) is 2.60. The van der Waals surface area contributed by atoms with E-state index < -0.39 is 0 Å². The molecule has 1 aromatic heterocycles. The average molecular weight is 171 g/mol. The van der Waals surface area contributed by atoms with Crippen molar-refractivity contribution in [3.63, 3.8) is 0 Å². The van der Waals surface area contributed by atoms with Crippen molar-refractivity contribution in [1.29, 1.82) is 0 Å². The maximum atomic E-state index is 4.72. The van der Waals surface area contributed by atoms with Gasteiger partial charge in [0.25, 0.3) is 0 Å². The minimum Gasteiger partial charge on any atom is -0.364 e. The molecule has 0 fully saturated rings. The van der Waals surface area contributed by atoms with Crippen molar-refractivity contribution in [2.24, 2.45) is 0 Å². The van der Waals surface area contributed by atoms with Crippen molar-refractivity contribution < 1.29 is 4.52 Å². The smallest absolute Gasteiger partial charge is 0.127 e. The summed E-state index contributed by atoms with van der Waals surface area (Å²) in [6.07, 6.45) is 3.46. The first kappa shape index (κ1) is 8.65. The van der Waals surface area contributed by atoms with Crippen LogP contribution in [0.5, 0.6) is 0 Å². The molecule has 0 aromatic carbocycles. The third-order valence-electron chi connectivity index (χ3n) is 1.16. The minimum absolute atomic E-state index is 0.317. The normalized spacial score (nSPS) is 11.9. The van der Waals surface area contributed by atoms with Gasteiger partial charge in [0, 0.05) is 16.1 Å². The van der Waals surface area contributed by atoms with Crippen molar-refractivity contribution in [1.82, 2.24) is 5.16 Å². The molecule has 0 unspecified atom stereocenters. The molecular formula is C8H13NOS. The first-order valence-corrected chi connectivity index (χ1v) is 4.59. The third kappa shape index (κ3) is 3.46. The van der Waals surface area contributed by atoms with Crippen LogP contribution in [0.25, 0.3) is 0 Å². The molecule has 1 heterocycles. The van der Waals surface area contributed by atoms with E-state index in [-0.39, 0.29) is 0 Å². The first-order chi connectivity index (χ1) is 5.08. The number of aromatic nitrogens is 1. The van der Waals surface area contributed by atoms with Gasteiger partial charge in [-0.3, -0.25) is 0 Å². The molecule has 0 atom stereocenters. The van der Waals surface area contributed by atoms with Gasteiger partial charge < -0.3 is 4.52 Å². The first-order valence-electron chi connectivity index (χ1n) is 3.60. The number of thioether (sulfide) groups is 1. The Morgan fingerprint density at radius 1 is 1.55 bits per heavy atom. The molecule has 0 bridgehead atoms. The second kappa shape index (κ2) is 3.30. The van der Waals surface area contributed by atoms with E-state index in [0.29, 0.717) is 4.75 Å². The van der Waals surface area contributed by atoms with Crippen molar-refractivity contribution in [2.75, 3.05) is 0 Å². The molecule has 0 aliphatic carbocycles. The van der Waals surface area contributed by atoms with Gasteiger partial charge in [-0.1, -0.05) is 25.9 Å². The van der Waals surface area contributed by atoms with Crippen LogP contribution in [-0.2, 0) is 5.75 Å². The van der Waals surface area contributed by atoms with Crippen LogP contribution in [0.1, 0.15) is 26.3 Å². The Morgan fingerprint density at radius 2 is 2.27 bits per heavy atom. The summed E-state index contributed by atoms with van der Waals surface area (Å²) >= 11 is 1.89. The van der Waals surface area contributed by atoms with Crippen LogP contribution in [0.2, 0.25) is 0 Å². The van der Waals surface area contributed by atoms with Gasteiger partial charge in [-0.25, -0.2) is 0 Å². The average Bonchev–Trinajstić information content (AvgIpc) is 2.32. The zero-order valence-corrected chi connectivity index (χ0v) is 7.94. The van der Waals surface area contributed by atoms with Gasteiger partial charge in [-0.15, -0.1) is 0 Å². The quantitative estimate of drug-likeness (QED) is 0.684. The minimum atomic E-state index is 0.317. The molecule has 0 aliphatic rings. The highest BCUT2D eigenvalue weighted by Crippen LogP contribution is 2.26. The lowest BCUT2D eigenvalue weighted by atomic mass is 10.3.